The Morgan fingerprint density at radius 1 is 1.10 bits per heavy atom. The molecule has 0 spiro atoms. The standard InChI is InChI=1S/C10H12F8OS/c1-2-6(19)20-5-3-4-8(13,14)10(17,18)9(15,16)7(11)12/h7H,2-5H2,1H3. The molecule has 120 valence electrons. The van der Waals surface area contributed by atoms with Gasteiger partial charge in [-0.15, -0.1) is 0 Å². The Kier molecular flexibility index (Phi) is 6.76. The number of hydrogen-bond donors (Lipinski definition) is 0. The topological polar surface area (TPSA) is 17.1 Å². The summed E-state index contributed by atoms with van der Waals surface area (Å²) in [5.41, 5.74) is 0. The second kappa shape index (κ2) is 6.95. The maximum atomic E-state index is 13.0. The number of halogens is 8. The van der Waals surface area contributed by atoms with Crippen LogP contribution in [0.2, 0.25) is 0 Å². The molecule has 0 amide bonds. The number of carbonyl (C=O) groups excluding carboxylic acids is 1. The fourth-order valence-corrected chi connectivity index (χ4v) is 1.84. The van der Waals surface area contributed by atoms with Crippen molar-refractivity contribution in [2.45, 2.75) is 50.4 Å². The number of carbonyl (C=O) groups is 1. The normalized spacial score (nSPS) is 13.9. The van der Waals surface area contributed by atoms with E-state index in [-0.39, 0.29) is 17.3 Å². The van der Waals surface area contributed by atoms with Crippen LogP contribution in [-0.2, 0) is 4.79 Å². The minimum atomic E-state index is -6.16. The smallest absolute Gasteiger partial charge is 0.287 e. The van der Waals surface area contributed by atoms with Crippen LogP contribution in [0.3, 0.4) is 0 Å². The van der Waals surface area contributed by atoms with E-state index in [1.165, 1.54) is 6.92 Å². The summed E-state index contributed by atoms with van der Waals surface area (Å²) in [6.07, 6.45) is -7.20. The van der Waals surface area contributed by atoms with Gasteiger partial charge in [0.15, 0.2) is 5.12 Å². The lowest BCUT2D eigenvalue weighted by Gasteiger charge is -2.32. The zero-order chi connectivity index (χ0) is 16.2. The summed E-state index contributed by atoms with van der Waals surface area (Å²) >= 11 is 0.589. The van der Waals surface area contributed by atoms with Gasteiger partial charge in [-0.1, -0.05) is 18.7 Å². The first-order valence-electron chi connectivity index (χ1n) is 5.47. The molecule has 0 aliphatic rings. The highest BCUT2D eigenvalue weighted by Crippen LogP contribution is 2.50. The summed E-state index contributed by atoms with van der Waals surface area (Å²) in [4.78, 5) is 10.8. The van der Waals surface area contributed by atoms with Crippen LogP contribution in [0.1, 0.15) is 26.2 Å². The van der Waals surface area contributed by atoms with E-state index in [2.05, 4.69) is 0 Å². The monoisotopic (exact) mass is 332 g/mol. The van der Waals surface area contributed by atoms with E-state index < -0.39 is 37.0 Å². The highest BCUT2D eigenvalue weighted by atomic mass is 32.2. The van der Waals surface area contributed by atoms with Gasteiger partial charge in [0.1, 0.15) is 0 Å². The van der Waals surface area contributed by atoms with E-state index in [9.17, 15) is 39.9 Å². The van der Waals surface area contributed by atoms with Crippen molar-refractivity contribution < 1.29 is 39.9 Å². The first kappa shape index (κ1) is 19.5. The zero-order valence-electron chi connectivity index (χ0n) is 10.2. The molecule has 0 radical (unpaired) electrons. The second-order valence-corrected chi connectivity index (χ2v) is 5.03. The predicted octanol–water partition coefficient (Wildman–Crippen LogP) is 4.61. The Bertz CT molecular complexity index is 331. The molecule has 0 N–H and O–H groups in total. The molecule has 0 aliphatic carbocycles. The Balaban J connectivity index is 4.66. The third-order valence-corrected chi connectivity index (χ3v) is 3.44. The molecule has 10 heteroatoms. The first-order chi connectivity index (χ1) is 8.90. The van der Waals surface area contributed by atoms with Crippen LogP contribution >= 0.6 is 11.8 Å². The molecule has 0 aromatic heterocycles. The molecule has 1 nitrogen and oxygen atoms in total. The van der Waals surface area contributed by atoms with Crippen molar-refractivity contribution in [1.29, 1.82) is 0 Å². The average molecular weight is 332 g/mol. The SMILES string of the molecule is CCC(=O)SCCCC(F)(F)C(F)(F)C(F)(F)C(F)F. The average Bonchev–Trinajstić information content (AvgIpc) is 2.33. The zero-order valence-corrected chi connectivity index (χ0v) is 11.1. The van der Waals surface area contributed by atoms with Crippen molar-refractivity contribution in [2.24, 2.45) is 0 Å². The molecule has 0 unspecified atom stereocenters. The molecule has 0 fully saturated rings. The van der Waals surface area contributed by atoms with Crippen LogP contribution in [0.25, 0.3) is 0 Å². The molecular formula is C10H12F8OS. The van der Waals surface area contributed by atoms with Crippen LogP contribution < -0.4 is 0 Å². The van der Waals surface area contributed by atoms with Gasteiger partial charge in [0.2, 0.25) is 0 Å². The quantitative estimate of drug-likeness (QED) is 0.477. The van der Waals surface area contributed by atoms with Crippen LogP contribution in [-0.4, -0.2) is 35.1 Å². The van der Waals surface area contributed by atoms with Gasteiger partial charge in [0.25, 0.3) is 0 Å². The minimum Gasteiger partial charge on any atom is -0.287 e. The summed E-state index contributed by atoms with van der Waals surface area (Å²) in [6, 6.07) is 0. The fraction of sp³-hybridized carbons (Fsp3) is 0.900. The van der Waals surface area contributed by atoms with E-state index in [1.807, 2.05) is 0 Å². The number of thioether (sulfide) groups is 1. The number of alkyl halides is 8. The van der Waals surface area contributed by atoms with E-state index >= 15 is 0 Å². The maximum Gasteiger partial charge on any atom is 0.377 e. The highest BCUT2D eigenvalue weighted by molar-refractivity contribution is 8.13. The third-order valence-electron chi connectivity index (χ3n) is 2.34. The highest BCUT2D eigenvalue weighted by Gasteiger charge is 2.74. The van der Waals surface area contributed by atoms with Gasteiger partial charge in [0, 0.05) is 18.6 Å². The summed E-state index contributed by atoms with van der Waals surface area (Å²) in [6.45, 7) is 1.49. The van der Waals surface area contributed by atoms with Crippen molar-refractivity contribution in [3.8, 4) is 0 Å². The Hall–Kier alpha value is -0.540. The first-order valence-corrected chi connectivity index (χ1v) is 6.46. The fourth-order valence-electron chi connectivity index (χ4n) is 1.12. The molecule has 0 heterocycles. The lowest BCUT2D eigenvalue weighted by molar-refractivity contribution is -0.339. The molecule has 0 saturated heterocycles. The van der Waals surface area contributed by atoms with Crippen molar-refractivity contribution in [3.63, 3.8) is 0 Å². The molecule has 20 heavy (non-hydrogen) atoms. The van der Waals surface area contributed by atoms with Crippen LogP contribution in [0, 0.1) is 0 Å². The largest absolute Gasteiger partial charge is 0.377 e. The molecule has 0 aliphatic heterocycles. The Morgan fingerprint density at radius 2 is 1.60 bits per heavy atom. The molecule has 0 atom stereocenters. The Morgan fingerprint density at radius 3 is 2.00 bits per heavy atom. The lowest BCUT2D eigenvalue weighted by atomic mass is 10.0. The van der Waals surface area contributed by atoms with Crippen LogP contribution in [0.5, 0.6) is 0 Å². The van der Waals surface area contributed by atoms with Gasteiger partial charge in [-0.05, 0) is 6.42 Å². The van der Waals surface area contributed by atoms with Crippen molar-refractivity contribution in [1.82, 2.24) is 0 Å². The van der Waals surface area contributed by atoms with Gasteiger partial charge in [0.05, 0.1) is 0 Å². The lowest BCUT2D eigenvalue weighted by Crippen LogP contribution is -2.57. The van der Waals surface area contributed by atoms with Gasteiger partial charge in [-0.25, -0.2) is 8.78 Å². The van der Waals surface area contributed by atoms with Gasteiger partial charge in [-0.3, -0.25) is 4.79 Å². The molecule has 0 bridgehead atoms. The van der Waals surface area contributed by atoms with E-state index in [0.717, 1.165) is 0 Å². The number of hydrogen-bond acceptors (Lipinski definition) is 2. The van der Waals surface area contributed by atoms with Gasteiger partial charge in [-0.2, -0.15) is 26.3 Å². The minimum absolute atomic E-state index is 0.0979. The predicted molar refractivity (Wildman–Crippen MR) is 57.8 cm³/mol. The molecule has 0 saturated carbocycles. The molecular weight excluding hydrogens is 320 g/mol. The van der Waals surface area contributed by atoms with E-state index in [4.69, 9.17) is 0 Å². The third kappa shape index (κ3) is 4.23. The second-order valence-electron chi connectivity index (χ2n) is 3.88. The van der Waals surface area contributed by atoms with Crippen LogP contribution in [0.4, 0.5) is 35.1 Å². The Labute approximate surface area is 114 Å². The van der Waals surface area contributed by atoms with Crippen molar-refractivity contribution in [3.05, 3.63) is 0 Å². The summed E-state index contributed by atoms with van der Waals surface area (Å²) in [7, 11) is 0. The van der Waals surface area contributed by atoms with Gasteiger partial charge >= 0.3 is 24.2 Å². The van der Waals surface area contributed by atoms with Crippen molar-refractivity contribution in [2.75, 3.05) is 5.75 Å². The molecule has 0 aromatic rings. The molecule has 0 aromatic carbocycles. The maximum absolute atomic E-state index is 13.0. The van der Waals surface area contributed by atoms with E-state index in [1.54, 1.807) is 0 Å². The van der Waals surface area contributed by atoms with E-state index in [0.29, 0.717) is 11.8 Å². The summed E-state index contributed by atoms with van der Waals surface area (Å²) < 4.78 is 100. The molecule has 0 rings (SSSR count). The summed E-state index contributed by atoms with van der Waals surface area (Å²) in [5, 5.41) is -0.377. The van der Waals surface area contributed by atoms with Crippen molar-refractivity contribution >= 4 is 16.9 Å². The summed E-state index contributed by atoms with van der Waals surface area (Å²) in [5.74, 6) is -17.8. The number of rotatable bonds is 8. The van der Waals surface area contributed by atoms with Crippen LogP contribution in [0.15, 0.2) is 0 Å². The van der Waals surface area contributed by atoms with Gasteiger partial charge < -0.3 is 0 Å².